The Kier molecular flexibility index (Phi) is 7.88. The second-order valence-electron chi connectivity index (χ2n) is 8.22. The fourth-order valence-electron chi connectivity index (χ4n) is 2.60. The van der Waals surface area contributed by atoms with Crippen molar-refractivity contribution in [2.45, 2.75) is 63.9 Å². The number of hydrogen-bond acceptors (Lipinski definition) is 6. The van der Waals surface area contributed by atoms with Crippen LogP contribution in [0.15, 0.2) is 12.7 Å². The van der Waals surface area contributed by atoms with Gasteiger partial charge in [0, 0.05) is 12.6 Å². The highest BCUT2D eigenvalue weighted by atomic mass is 32.2. The number of rotatable bonds is 8. The molecule has 0 N–H and O–H groups in total. The normalized spacial score (nSPS) is 21.7. The molecular formula is C17H33NO6SSi. The number of carbonyl (C=O) groups excluding carboxylic acids is 1. The summed E-state index contributed by atoms with van der Waals surface area (Å²) in [4.78, 5) is 14.0. The molecule has 1 aliphatic rings. The molecule has 152 valence electrons. The van der Waals surface area contributed by atoms with Crippen molar-refractivity contribution in [2.75, 3.05) is 26.0 Å². The van der Waals surface area contributed by atoms with E-state index in [1.165, 1.54) is 6.08 Å². The molecule has 26 heavy (non-hydrogen) atoms. The molecule has 7 nitrogen and oxygen atoms in total. The number of likely N-dealkylation sites (tertiary alicyclic amines) is 1. The van der Waals surface area contributed by atoms with Crippen LogP contribution in [0.1, 0.15) is 33.6 Å². The molecule has 1 rings (SSSR count). The lowest BCUT2D eigenvalue weighted by Gasteiger charge is -2.38. The highest BCUT2D eigenvalue weighted by Gasteiger charge is 2.43. The van der Waals surface area contributed by atoms with Gasteiger partial charge in [0.05, 0.1) is 19.0 Å². The molecule has 0 saturated carbocycles. The van der Waals surface area contributed by atoms with Crippen molar-refractivity contribution in [1.29, 1.82) is 0 Å². The Morgan fingerprint density at radius 1 is 1.35 bits per heavy atom. The monoisotopic (exact) mass is 407 g/mol. The third-order valence-corrected chi connectivity index (χ3v) is 10.1. The first-order valence-corrected chi connectivity index (χ1v) is 13.6. The van der Waals surface area contributed by atoms with Gasteiger partial charge < -0.3 is 14.1 Å². The van der Waals surface area contributed by atoms with Crippen molar-refractivity contribution in [3.05, 3.63) is 12.7 Å². The maximum atomic E-state index is 12.3. The van der Waals surface area contributed by atoms with E-state index in [9.17, 15) is 13.2 Å². The molecule has 1 fully saturated rings. The van der Waals surface area contributed by atoms with E-state index in [1.54, 1.807) is 4.90 Å². The lowest BCUT2D eigenvalue weighted by molar-refractivity contribution is 0.0995. The van der Waals surface area contributed by atoms with Crippen LogP contribution in [0.2, 0.25) is 18.1 Å². The summed E-state index contributed by atoms with van der Waals surface area (Å²) in [5.74, 6) is 0. The predicted molar refractivity (Wildman–Crippen MR) is 104 cm³/mol. The Labute approximate surface area is 158 Å². The molecule has 0 bridgehead atoms. The summed E-state index contributed by atoms with van der Waals surface area (Å²) in [6.07, 6.45) is 3.06. The van der Waals surface area contributed by atoms with Gasteiger partial charge in [-0.2, -0.15) is 8.42 Å². The van der Waals surface area contributed by atoms with Crippen LogP contribution in [0, 0.1) is 0 Å². The molecule has 0 aliphatic carbocycles. The molecule has 1 saturated heterocycles. The molecule has 0 radical (unpaired) electrons. The Morgan fingerprint density at radius 2 is 1.96 bits per heavy atom. The van der Waals surface area contributed by atoms with Gasteiger partial charge in [0.25, 0.3) is 10.1 Å². The van der Waals surface area contributed by atoms with Gasteiger partial charge in [-0.05, 0) is 31.0 Å². The van der Waals surface area contributed by atoms with Crippen molar-refractivity contribution in [3.8, 4) is 0 Å². The molecule has 1 amide bonds. The van der Waals surface area contributed by atoms with Gasteiger partial charge in [0.2, 0.25) is 0 Å². The summed E-state index contributed by atoms with van der Waals surface area (Å²) in [6, 6.07) is -0.177. The molecule has 0 aromatic carbocycles. The summed E-state index contributed by atoms with van der Waals surface area (Å²) in [5.41, 5.74) is 0. The Morgan fingerprint density at radius 3 is 2.46 bits per heavy atom. The first-order valence-electron chi connectivity index (χ1n) is 8.83. The van der Waals surface area contributed by atoms with Crippen molar-refractivity contribution < 1.29 is 26.6 Å². The lowest BCUT2D eigenvalue weighted by Crippen LogP contribution is -2.44. The van der Waals surface area contributed by atoms with Crippen molar-refractivity contribution in [3.63, 3.8) is 0 Å². The minimum absolute atomic E-state index is 0.0293. The van der Waals surface area contributed by atoms with Gasteiger partial charge in [0.1, 0.15) is 6.61 Å². The maximum Gasteiger partial charge on any atom is 0.410 e. The standard InChI is InChI=1S/C17H33NO6SSi/c1-8-10-22-16(19)18-13-15(24-26(6,7)17(2,3)4)12-14(18)9-11-23-25(5,20)21/h8,14-15H,1,9-13H2,2-7H3/t14-,15-/m1/s1. The molecule has 1 aliphatic heterocycles. The number of ether oxygens (including phenoxy) is 1. The summed E-state index contributed by atoms with van der Waals surface area (Å²) in [7, 11) is -5.47. The molecule has 9 heteroatoms. The van der Waals surface area contributed by atoms with Gasteiger partial charge in [-0.25, -0.2) is 4.79 Å². The van der Waals surface area contributed by atoms with Crippen molar-refractivity contribution in [2.24, 2.45) is 0 Å². The summed E-state index contributed by atoms with van der Waals surface area (Å²) in [6.45, 7) is 15.0. The van der Waals surface area contributed by atoms with E-state index in [0.717, 1.165) is 6.26 Å². The SMILES string of the molecule is C=CCOC(=O)N1C[C@H](O[Si](C)(C)C(C)(C)C)C[C@H]1CCOS(C)(=O)=O. The topological polar surface area (TPSA) is 82.1 Å². The summed E-state index contributed by atoms with van der Waals surface area (Å²) in [5, 5.41) is 0.0681. The van der Waals surface area contributed by atoms with Crippen LogP contribution in [0.4, 0.5) is 4.79 Å². The average molecular weight is 408 g/mol. The minimum atomic E-state index is -3.50. The molecule has 0 spiro atoms. The molecule has 1 heterocycles. The maximum absolute atomic E-state index is 12.3. The van der Waals surface area contributed by atoms with Crippen LogP contribution in [-0.4, -0.2) is 65.9 Å². The van der Waals surface area contributed by atoms with E-state index >= 15 is 0 Å². The highest BCUT2D eigenvalue weighted by Crippen LogP contribution is 2.39. The smallest absolute Gasteiger partial charge is 0.410 e. The second-order valence-corrected chi connectivity index (χ2v) is 14.6. The van der Waals surface area contributed by atoms with Crippen molar-refractivity contribution in [1.82, 2.24) is 4.90 Å². The number of nitrogens with zero attached hydrogens (tertiary/aromatic N) is 1. The third kappa shape index (κ3) is 7.01. The molecule has 0 aromatic rings. The van der Waals surface area contributed by atoms with Gasteiger partial charge in [-0.1, -0.05) is 33.4 Å². The van der Waals surface area contributed by atoms with Gasteiger partial charge in [-0.3, -0.25) is 4.18 Å². The van der Waals surface area contributed by atoms with Gasteiger partial charge in [0.15, 0.2) is 8.32 Å². The Bertz CT molecular complexity index is 599. The van der Waals surface area contributed by atoms with Crippen LogP contribution >= 0.6 is 0 Å². The van der Waals surface area contributed by atoms with Crippen LogP contribution in [0.25, 0.3) is 0 Å². The molecule has 0 unspecified atom stereocenters. The molecule has 2 atom stereocenters. The largest absolute Gasteiger partial charge is 0.445 e. The van der Waals surface area contributed by atoms with Crippen LogP contribution in [-0.2, 0) is 23.5 Å². The van der Waals surface area contributed by atoms with Crippen LogP contribution in [0.5, 0.6) is 0 Å². The molecular weight excluding hydrogens is 374 g/mol. The summed E-state index contributed by atoms with van der Waals surface area (Å²) < 4.78 is 38.8. The zero-order valence-electron chi connectivity index (χ0n) is 16.8. The van der Waals surface area contributed by atoms with E-state index in [0.29, 0.717) is 19.4 Å². The van der Waals surface area contributed by atoms with Crippen LogP contribution in [0.3, 0.4) is 0 Å². The predicted octanol–water partition coefficient (Wildman–Crippen LogP) is 3.14. The summed E-state index contributed by atoms with van der Waals surface area (Å²) >= 11 is 0. The third-order valence-electron chi connectivity index (χ3n) is 4.95. The van der Waals surface area contributed by atoms with Crippen molar-refractivity contribution >= 4 is 24.5 Å². The number of hydrogen-bond donors (Lipinski definition) is 0. The first kappa shape index (κ1) is 23.1. The number of amides is 1. The van der Waals surface area contributed by atoms with E-state index in [2.05, 4.69) is 40.4 Å². The zero-order valence-corrected chi connectivity index (χ0v) is 18.6. The van der Waals surface area contributed by atoms with Gasteiger partial charge in [-0.15, -0.1) is 0 Å². The average Bonchev–Trinajstić information content (AvgIpc) is 2.84. The lowest BCUT2D eigenvalue weighted by atomic mass is 10.1. The van der Waals surface area contributed by atoms with E-state index in [-0.39, 0.29) is 30.4 Å². The number of carbonyl (C=O) groups is 1. The fourth-order valence-corrected chi connectivity index (χ4v) is 4.36. The Hall–Kier alpha value is -0.903. The van der Waals surface area contributed by atoms with E-state index in [4.69, 9.17) is 13.3 Å². The Balaban J connectivity index is 2.80. The minimum Gasteiger partial charge on any atom is -0.445 e. The van der Waals surface area contributed by atoms with Crippen LogP contribution < -0.4 is 0 Å². The fraction of sp³-hybridized carbons (Fsp3) is 0.824. The second kappa shape index (κ2) is 8.86. The highest BCUT2D eigenvalue weighted by molar-refractivity contribution is 7.85. The first-order chi connectivity index (χ1) is 11.8. The van der Waals surface area contributed by atoms with E-state index in [1.807, 2.05) is 0 Å². The zero-order chi connectivity index (χ0) is 20.2. The molecule has 0 aromatic heterocycles. The van der Waals surface area contributed by atoms with Gasteiger partial charge >= 0.3 is 6.09 Å². The quantitative estimate of drug-likeness (QED) is 0.349. The van der Waals surface area contributed by atoms with E-state index < -0.39 is 24.5 Å².